The molecule has 9 heteroatoms. The summed E-state index contributed by atoms with van der Waals surface area (Å²) in [5, 5.41) is 0.399. The predicted octanol–water partition coefficient (Wildman–Crippen LogP) is 5.95. The summed E-state index contributed by atoms with van der Waals surface area (Å²) in [5.41, 5.74) is -1.15. The number of alkyl halides is 3. The number of halogens is 4. The highest BCUT2D eigenvalue weighted by molar-refractivity contribution is 7.92. The fraction of sp³-hybridized carbons (Fsp3) is 0.0526. The van der Waals surface area contributed by atoms with E-state index in [2.05, 4.69) is 4.72 Å². The molecule has 0 amide bonds. The fourth-order valence-electron chi connectivity index (χ4n) is 2.39. The van der Waals surface area contributed by atoms with Crippen LogP contribution in [-0.4, -0.2) is 8.42 Å². The number of ether oxygens (including phenoxy) is 1. The summed E-state index contributed by atoms with van der Waals surface area (Å²) in [7, 11) is -4.44. The van der Waals surface area contributed by atoms with Crippen molar-refractivity contribution in [2.24, 2.45) is 0 Å². The molecule has 0 aliphatic carbocycles. The van der Waals surface area contributed by atoms with E-state index in [1.807, 2.05) is 0 Å². The lowest BCUT2D eigenvalue weighted by Crippen LogP contribution is -2.18. The van der Waals surface area contributed by atoms with Gasteiger partial charge in [0.15, 0.2) is 0 Å². The second-order valence-corrected chi connectivity index (χ2v) is 7.71. The number of benzene rings is 3. The Kier molecular flexibility index (Phi) is 5.53. The van der Waals surface area contributed by atoms with Crippen LogP contribution in [0, 0.1) is 0 Å². The van der Waals surface area contributed by atoms with Crippen LogP contribution in [0.3, 0.4) is 0 Å². The topological polar surface area (TPSA) is 55.4 Å². The van der Waals surface area contributed by atoms with Crippen molar-refractivity contribution in [3.63, 3.8) is 0 Å². The third-order valence-corrected chi connectivity index (χ3v) is 5.40. The lowest BCUT2D eigenvalue weighted by Gasteiger charge is -2.14. The molecule has 0 spiro atoms. The summed E-state index contributed by atoms with van der Waals surface area (Å²) < 4.78 is 71.9. The van der Waals surface area contributed by atoms with Gasteiger partial charge in [0.05, 0.1) is 15.5 Å². The minimum Gasteiger partial charge on any atom is -0.456 e. The van der Waals surface area contributed by atoms with Gasteiger partial charge in [0.25, 0.3) is 10.0 Å². The number of rotatable bonds is 5. The highest BCUT2D eigenvalue weighted by Gasteiger charge is 2.36. The molecule has 0 radical (unpaired) electrons. The molecule has 3 aromatic carbocycles. The molecule has 0 saturated carbocycles. The molecular weight excluding hydrogens is 415 g/mol. The van der Waals surface area contributed by atoms with Gasteiger partial charge in [0, 0.05) is 5.69 Å². The Labute approximate surface area is 164 Å². The number of anilines is 1. The van der Waals surface area contributed by atoms with Gasteiger partial charge in [0.2, 0.25) is 0 Å². The number of hydrogen-bond donors (Lipinski definition) is 1. The van der Waals surface area contributed by atoms with Crippen molar-refractivity contribution in [1.29, 1.82) is 0 Å². The monoisotopic (exact) mass is 427 g/mol. The van der Waals surface area contributed by atoms with Gasteiger partial charge in [-0.05, 0) is 48.5 Å². The Hall–Kier alpha value is -2.71. The van der Waals surface area contributed by atoms with Gasteiger partial charge in [-0.25, -0.2) is 8.42 Å². The highest BCUT2D eigenvalue weighted by Crippen LogP contribution is 2.35. The molecule has 4 nitrogen and oxygen atoms in total. The first-order valence-corrected chi connectivity index (χ1v) is 9.74. The molecule has 1 N–H and O–H groups in total. The van der Waals surface area contributed by atoms with Crippen molar-refractivity contribution in [3.05, 3.63) is 83.4 Å². The molecule has 0 fully saturated rings. The van der Waals surface area contributed by atoms with Crippen LogP contribution in [0.1, 0.15) is 5.56 Å². The van der Waals surface area contributed by atoms with Gasteiger partial charge in [-0.3, -0.25) is 4.72 Å². The Morgan fingerprint density at radius 3 is 2.11 bits per heavy atom. The smallest absolute Gasteiger partial charge is 0.417 e. The lowest BCUT2D eigenvalue weighted by atomic mass is 10.2. The quantitative estimate of drug-likeness (QED) is 0.547. The average Bonchev–Trinajstić information content (AvgIpc) is 2.64. The molecule has 0 aliphatic heterocycles. The third-order valence-electron chi connectivity index (χ3n) is 3.65. The van der Waals surface area contributed by atoms with Gasteiger partial charge in [-0.2, -0.15) is 13.2 Å². The molecule has 146 valence electrons. The molecule has 0 atom stereocenters. The zero-order valence-electron chi connectivity index (χ0n) is 14.1. The van der Waals surface area contributed by atoms with Crippen molar-refractivity contribution >= 4 is 27.3 Å². The molecule has 28 heavy (non-hydrogen) atoms. The van der Waals surface area contributed by atoms with E-state index in [0.717, 1.165) is 18.2 Å². The van der Waals surface area contributed by atoms with E-state index in [0.29, 0.717) is 16.5 Å². The van der Waals surface area contributed by atoms with Crippen LogP contribution in [-0.2, 0) is 16.2 Å². The maximum Gasteiger partial charge on any atom is 0.417 e. The van der Waals surface area contributed by atoms with Crippen LogP contribution in [0.25, 0.3) is 0 Å². The second-order valence-electron chi connectivity index (χ2n) is 5.66. The van der Waals surface area contributed by atoms with Crippen molar-refractivity contribution in [3.8, 4) is 11.5 Å². The molecular formula is C19H13ClF3NO3S. The van der Waals surface area contributed by atoms with Crippen LogP contribution in [0.2, 0.25) is 5.02 Å². The SMILES string of the molecule is O=S(=O)(Nc1ccc(Oc2ccccc2Cl)cc1)c1ccccc1C(F)(F)F. The van der Waals surface area contributed by atoms with E-state index in [-0.39, 0.29) is 5.69 Å². The highest BCUT2D eigenvalue weighted by atomic mass is 35.5. The number of nitrogens with one attached hydrogen (secondary N) is 1. The van der Waals surface area contributed by atoms with Crippen LogP contribution < -0.4 is 9.46 Å². The molecule has 0 unspecified atom stereocenters. The first kappa shape index (κ1) is 20.0. The molecule has 3 rings (SSSR count). The zero-order valence-corrected chi connectivity index (χ0v) is 15.6. The minimum atomic E-state index is -4.79. The summed E-state index contributed by atoms with van der Waals surface area (Å²) in [4.78, 5) is -0.848. The molecule has 0 heterocycles. The van der Waals surface area contributed by atoms with E-state index in [9.17, 15) is 21.6 Å². The van der Waals surface area contributed by atoms with Crippen molar-refractivity contribution in [2.75, 3.05) is 4.72 Å². The first-order valence-electron chi connectivity index (χ1n) is 7.88. The lowest BCUT2D eigenvalue weighted by molar-refractivity contribution is -0.139. The Morgan fingerprint density at radius 2 is 1.46 bits per heavy atom. The average molecular weight is 428 g/mol. The first-order chi connectivity index (χ1) is 13.2. The summed E-state index contributed by atoms with van der Waals surface area (Å²) in [6, 6.07) is 16.5. The Bertz CT molecular complexity index is 1080. The van der Waals surface area contributed by atoms with E-state index < -0.39 is 26.7 Å². The third kappa shape index (κ3) is 4.58. The van der Waals surface area contributed by atoms with Gasteiger partial charge in [-0.15, -0.1) is 0 Å². The maximum absolute atomic E-state index is 13.1. The van der Waals surface area contributed by atoms with Crippen molar-refractivity contribution in [1.82, 2.24) is 0 Å². The van der Waals surface area contributed by atoms with Crippen molar-refractivity contribution < 1.29 is 26.3 Å². The second kappa shape index (κ2) is 7.73. The molecule has 3 aromatic rings. The summed E-state index contributed by atoms with van der Waals surface area (Å²) in [6.45, 7) is 0. The standard InChI is InChI=1S/C19H13ClF3NO3S/c20-16-6-2-3-7-17(16)27-14-11-9-13(10-12-14)24-28(25,26)18-8-4-1-5-15(18)19(21,22)23/h1-12,24H. The van der Waals surface area contributed by atoms with Gasteiger partial charge < -0.3 is 4.74 Å². The van der Waals surface area contributed by atoms with E-state index in [4.69, 9.17) is 16.3 Å². The largest absolute Gasteiger partial charge is 0.456 e. The molecule has 0 aromatic heterocycles. The summed E-state index contributed by atoms with van der Waals surface area (Å²) in [6.07, 6.45) is -4.79. The fourth-order valence-corrected chi connectivity index (χ4v) is 3.85. The van der Waals surface area contributed by atoms with Crippen LogP contribution in [0.4, 0.5) is 18.9 Å². The normalized spacial score (nSPS) is 11.9. The molecule has 0 aliphatic rings. The number of para-hydroxylation sites is 1. The summed E-state index contributed by atoms with van der Waals surface area (Å²) >= 11 is 6.00. The van der Waals surface area contributed by atoms with Gasteiger partial charge in [0.1, 0.15) is 11.5 Å². The van der Waals surface area contributed by atoms with E-state index in [1.165, 1.54) is 30.3 Å². The zero-order chi connectivity index (χ0) is 20.4. The minimum absolute atomic E-state index is 0.0866. The van der Waals surface area contributed by atoms with Gasteiger partial charge in [-0.1, -0.05) is 35.9 Å². The summed E-state index contributed by atoms with van der Waals surface area (Å²) in [5.74, 6) is 0.795. The van der Waals surface area contributed by atoms with Crippen LogP contribution in [0.15, 0.2) is 77.7 Å². The molecule has 0 bridgehead atoms. The Balaban J connectivity index is 1.82. The van der Waals surface area contributed by atoms with Crippen molar-refractivity contribution in [2.45, 2.75) is 11.1 Å². The van der Waals surface area contributed by atoms with Crippen LogP contribution >= 0.6 is 11.6 Å². The molecule has 0 saturated heterocycles. The predicted molar refractivity (Wildman–Crippen MR) is 100 cm³/mol. The van der Waals surface area contributed by atoms with E-state index in [1.54, 1.807) is 24.3 Å². The Morgan fingerprint density at radius 1 is 0.857 bits per heavy atom. The van der Waals surface area contributed by atoms with Gasteiger partial charge >= 0.3 is 6.18 Å². The number of sulfonamides is 1. The van der Waals surface area contributed by atoms with Crippen LogP contribution in [0.5, 0.6) is 11.5 Å². The maximum atomic E-state index is 13.1. The number of hydrogen-bond acceptors (Lipinski definition) is 3. The van der Waals surface area contributed by atoms with E-state index >= 15 is 0 Å².